The second-order valence-electron chi connectivity index (χ2n) is 12.5. The second kappa shape index (κ2) is 21.4. The van der Waals surface area contributed by atoms with Crippen molar-refractivity contribution < 1.29 is 38.2 Å². The zero-order valence-corrected chi connectivity index (χ0v) is 31.0. The first kappa shape index (κ1) is 40.6. The fourth-order valence-corrected chi connectivity index (χ4v) is 8.18. The molecular weight excluding hydrogens is 709 g/mol. The molecule has 0 bridgehead atoms. The molecule has 0 aromatic heterocycles. The minimum atomic E-state index is -1.07. The van der Waals surface area contributed by atoms with Crippen LogP contribution in [0.4, 0.5) is 0 Å². The summed E-state index contributed by atoms with van der Waals surface area (Å²) in [6.45, 7) is 1.44. The SMILES string of the molecule is COC(=O)[C@H](CSSC[C@H](NC(=O)[C@H](Cc1ccccc1)NC(=O)[C@@H]1CCCN1)C(=O)OC)NC(=O)[C@H](Cc1ccccc1)NC(=O)[C@@H]1CCCN1. The number of esters is 2. The van der Waals surface area contributed by atoms with Gasteiger partial charge in [0.15, 0.2) is 0 Å². The van der Waals surface area contributed by atoms with Gasteiger partial charge in [-0.05, 0) is 49.9 Å². The van der Waals surface area contributed by atoms with Gasteiger partial charge in [0.05, 0.1) is 26.3 Å². The molecule has 6 atom stereocenters. The number of nitrogens with one attached hydrogen (secondary N) is 6. The van der Waals surface area contributed by atoms with Crippen LogP contribution in [0, 0.1) is 0 Å². The Morgan fingerprint density at radius 2 is 1.00 bits per heavy atom. The monoisotopic (exact) mass is 756 g/mol. The molecule has 2 fully saturated rings. The molecule has 2 heterocycles. The molecule has 0 radical (unpaired) electrons. The van der Waals surface area contributed by atoms with Gasteiger partial charge in [0.1, 0.15) is 24.2 Å². The lowest BCUT2D eigenvalue weighted by Crippen LogP contribution is -2.56. The molecule has 2 aliphatic heterocycles. The van der Waals surface area contributed by atoms with Crippen molar-refractivity contribution in [1.29, 1.82) is 0 Å². The number of rotatable bonds is 19. The predicted molar refractivity (Wildman–Crippen MR) is 199 cm³/mol. The molecule has 52 heavy (non-hydrogen) atoms. The van der Waals surface area contributed by atoms with Gasteiger partial charge in [-0.1, -0.05) is 82.3 Å². The molecule has 0 saturated carbocycles. The largest absolute Gasteiger partial charge is 0.467 e. The van der Waals surface area contributed by atoms with Gasteiger partial charge in [-0.3, -0.25) is 19.2 Å². The lowest BCUT2D eigenvalue weighted by Gasteiger charge is -2.24. The molecule has 2 aliphatic rings. The van der Waals surface area contributed by atoms with Crippen LogP contribution < -0.4 is 31.9 Å². The van der Waals surface area contributed by atoms with Crippen LogP contribution >= 0.6 is 21.6 Å². The zero-order chi connectivity index (χ0) is 37.3. The summed E-state index contributed by atoms with van der Waals surface area (Å²) < 4.78 is 9.92. The maximum Gasteiger partial charge on any atom is 0.329 e. The molecule has 2 saturated heterocycles. The maximum absolute atomic E-state index is 13.6. The summed E-state index contributed by atoms with van der Waals surface area (Å²) in [5.41, 5.74) is 1.66. The molecule has 0 spiro atoms. The second-order valence-corrected chi connectivity index (χ2v) is 15.1. The summed E-state index contributed by atoms with van der Waals surface area (Å²) >= 11 is 0. The minimum Gasteiger partial charge on any atom is -0.467 e. The summed E-state index contributed by atoms with van der Waals surface area (Å²) in [7, 11) is 4.80. The molecule has 16 heteroatoms. The Morgan fingerprint density at radius 3 is 1.33 bits per heavy atom. The van der Waals surface area contributed by atoms with Crippen LogP contribution in [0.2, 0.25) is 0 Å². The van der Waals surface area contributed by atoms with Crippen LogP contribution in [0.1, 0.15) is 36.8 Å². The van der Waals surface area contributed by atoms with E-state index in [0.717, 1.165) is 37.1 Å². The highest BCUT2D eigenvalue weighted by Gasteiger charge is 2.33. The summed E-state index contributed by atoms with van der Waals surface area (Å²) in [6, 6.07) is 13.6. The van der Waals surface area contributed by atoms with Crippen LogP contribution in [0.25, 0.3) is 0 Å². The van der Waals surface area contributed by atoms with Gasteiger partial charge in [0, 0.05) is 24.3 Å². The molecule has 2 aromatic carbocycles. The van der Waals surface area contributed by atoms with Crippen molar-refractivity contribution in [3.63, 3.8) is 0 Å². The number of carbonyl (C=O) groups is 6. The normalized spacial score (nSPS) is 19.0. The van der Waals surface area contributed by atoms with E-state index in [9.17, 15) is 28.8 Å². The van der Waals surface area contributed by atoms with E-state index in [1.807, 2.05) is 60.7 Å². The first-order chi connectivity index (χ1) is 25.2. The zero-order valence-electron chi connectivity index (χ0n) is 29.4. The van der Waals surface area contributed by atoms with E-state index in [2.05, 4.69) is 31.9 Å². The van der Waals surface area contributed by atoms with E-state index in [0.29, 0.717) is 12.8 Å². The van der Waals surface area contributed by atoms with Crippen molar-refractivity contribution >= 4 is 57.2 Å². The average molecular weight is 757 g/mol. The molecule has 0 unspecified atom stereocenters. The number of methoxy groups -OCH3 is 2. The fraction of sp³-hybridized carbons (Fsp3) is 0.500. The Balaban J connectivity index is 1.36. The Kier molecular flexibility index (Phi) is 16.7. The first-order valence-electron chi connectivity index (χ1n) is 17.3. The van der Waals surface area contributed by atoms with Gasteiger partial charge in [0.25, 0.3) is 0 Å². The Morgan fingerprint density at radius 1 is 0.615 bits per heavy atom. The lowest BCUT2D eigenvalue weighted by atomic mass is 10.0. The maximum atomic E-state index is 13.6. The van der Waals surface area contributed by atoms with Crippen LogP contribution in [-0.2, 0) is 51.1 Å². The van der Waals surface area contributed by atoms with Crippen LogP contribution in [0.15, 0.2) is 60.7 Å². The van der Waals surface area contributed by atoms with Crippen LogP contribution in [-0.4, -0.2) is 111 Å². The highest BCUT2D eigenvalue weighted by atomic mass is 33.1. The number of amides is 4. The van der Waals surface area contributed by atoms with Gasteiger partial charge < -0.3 is 41.4 Å². The third-order valence-corrected chi connectivity index (χ3v) is 11.2. The smallest absolute Gasteiger partial charge is 0.329 e. The van der Waals surface area contributed by atoms with Crippen molar-refractivity contribution in [2.75, 3.05) is 38.8 Å². The van der Waals surface area contributed by atoms with Crippen LogP contribution in [0.5, 0.6) is 0 Å². The van der Waals surface area contributed by atoms with Crippen molar-refractivity contribution in [3.8, 4) is 0 Å². The Hall–Kier alpha value is -4.12. The van der Waals surface area contributed by atoms with Gasteiger partial charge >= 0.3 is 11.9 Å². The third kappa shape index (κ3) is 12.8. The average Bonchev–Trinajstić information content (AvgIpc) is 3.91. The first-order valence-corrected chi connectivity index (χ1v) is 19.8. The minimum absolute atomic E-state index is 0.0577. The molecule has 4 rings (SSSR count). The van der Waals surface area contributed by atoms with Gasteiger partial charge in [-0.2, -0.15) is 0 Å². The third-order valence-electron chi connectivity index (χ3n) is 8.74. The van der Waals surface area contributed by atoms with E-state index in [1.54, 1.807) is 0 Å². The van der Waals surface area contributed by atoms with E-state index in [4.69, 9.17) is 9.47 Å². The fourth-order valence-electron chi connectivity index (χ4n) is 5.88. The Labute approximate surface area is 311 Å². The van der Waals surface area contributed by atoms with E-state index < -0.39 is 60.0 Å². The van der Waals surface area contributed by atoms with Crippen molar-refractivity contribution in [2.24, 2.45) is 0 Å². The molecule has 2 aromatic rings. The van der Waals surface area contributed by atoms with Gasteiger partial charge in [-0.15, -0.1) is 0 Å². The predicted octanol–water partition coefficient (Wildman–Crippen LogP) is 0.642. The van der Waals surface area contributed by atoms with Crippen molar-refractivity contribution in [1.82, 2.24) is 31.9 Å². The lowest BCUT2D eigenvalue weighted by molar-refractivity contribution is -0.145. The molecule has 14 nitrogen and oxygen atoms in total. The standard InChI is InChI=1S/C36H48N6O8S2/c1-49-35(47)29(41-33(45)27(19-23-11-5-3-6-12-23)39-31(43)25-15-9-17-37-25)21-51-52-22-30(36(48)50-2)42-34(46)28(20-24-13-7-4-8-14-24)40-32(44)26-16-10-18-38-26/h3-8,11-14,25-30,37-38H,9-10,15-22H2,1-2H3,(H,39,43)(H,40,44)(H,41,45)(H,42,46)/t25-,26-,27-,28-,29-,30-/m0/s1. The topological polar surface area (TPSA) is 193 Å². The highest BCUT2D eigenvalue weighted by molar-refractivity contribution is 8.76. The summed E-state index contributed by atoms with van der Waals surface area (Å²) in [5, 5.41) is 17.4. The number of benzene rings is 2. The number of carbonyl (C=O) groups excluding carboxylic acids is 6. The summed E-state index contributed by atoms with van der Waals surface area (Å²) in [6.07, 6.45) is 3.47. The molecule has 282 valence electrons. The number of hydrogen-bond donors (Lipinski definition) is 6. The van der Waals surface area contributed by atoms with E-state index in [1.165, 1.54) is 35.8 Å². The van der Waals surface area contributed by atoms with Crippen molar-refractivity contribution in [2.45, 2.75) is 74.8 Å². The molecular formula is C36H48N6O8S2. The summed E-state index contributed by atoms with van der Waals surface area (Å²) in [4.78, 5) is 78.6. The quantitative estimate of drug-likeness (QED) is 0.0667. The molecule has 4 amide bonds. The number of hydrogen-bond acceptors (Lipinski definition) is 12. The van der Waals surface area contributed by atoms with Crippen molar-refractivity contribution in [3.05, 3.63) is 71.8 Å². The number of ether oxygens (including phenoxy) is 2. The summed E-state index contributed by atoms with van der Waals surface area (Å²) in [5.74, 6) is -2.92. The molecule has 0 aliphatic carbocycles. The Bertz CT molecular complexity index is 1380. The van der Waals surface area contributed by atoms with E-state index >= 15 is 0 Å². The van der Waals surface area contributed by atoms with Crippen LogP contribution in [0.3, 0.4) is 0 Å². The van der Waals surface area contributed by atoms with Gasteiger partial charge in [0.2, 0.25) is 23.6 Å². The van der Waals surface area contributed by atoms with Gasteiger partial charge in [-0.25, -0.2) is 9.59 Å². The van der Waals surface area contributed by atoms with E-state index in [-0.39, 0.29) is 36.2 Å². The highest BCUT2D eigenvalue weighted by Crippen LogP contribution is 2.24. The molecule has 6 N–H and O–H groups in total.